The fourth-order valence-corrected chi connectivity index (χ4v) is 4.11. The van der Waals surface area contributed by atoms with Crippen molar-refractivity contribution in [2.75, 3.05) is 7.11 Å². The normalized spacial score (nSPS) is 17.4. The molecule has 0 saturated carbocycles. The fourth-order valence-electron chi connectivity index (χ4n) is 4.11. The van der Waals surface area contributed by atoms with Crippen LogP contribution in [0.5, 0.6) is 11.5 Å². The van der Waals surface area contributed by atoms with E-state index >= 15 is 0 Å². The number of aryl methyl sites for hydroxylation is 1. The molecule has 7 nitrogen and oxygen atoms in total. The smallest absolute Gasteiger partial charge is 0.296 e. The van der Waals surface area contributed by atoms with E-state index in [1.54, 1.807) is 61.7 Å². The molecule has 3 aromatic rings. The molecule has 1 aromatic heterocycles. The molecule has 0 radical (unpaired) electrons. The second-order valence-corrected chi connectivity index (χ2v) is 8.43. The molecule has 1 atom stereocenters. The minimum atomic E-state index is -0.813. The van der Waals surface area contributed by atoms with E-state index in [9.17, 15) is 14.7 Å². The molecular formula is C27H27NO6. The second-order valence-electron chi connectivity index (χ2n) is 8.43. The number of rotatable bonds is 7. The molecule has 176 valence electrons. The van der Waals surface area contributed by atoms with Crippen molar-refractivity contribution >= 4 is 17.4 Å². The van der Waals surface area contributed by atoms with E-state index in [0.29, 0.717) is 28.4 Å². The first-order chi connectivity index (χ1) is 16.3. The molecule has 4 rings (SSSR count). The number of Topliss-reactive ketones (excluding diaryl/α,β-unsaturated/α-hetero) is 1. The Balaban J connectivity index is 1.84. The maximum absolute atomic E-state index is 13.2. The number of hydrogen-bond donors (Lipinski definition) is 1. The number of amides is 1. The molecule has 1 aliphatic rings. The molecule has 1 unspecified atom stereocenters. The summed E-state index contributed by atoms with van der Waals surface area (Å²) in [6, 6.07) is 14.9. The monoisotopic (exact) mass is 461 g/mol. The Bertz CT molecular complexity index is 1240. The van der Waals surface area contributed by atoms with Gasteiger partial charge in [-0.3, -0.25) is 9.59 Å². The van der Waals surface area contributed by atoms with E-state index in [2.05, 4.69) is 0 Å². The third-order valence-electron chi connectivity index (χ3n) is 5.67. The average Bonchev–Trinajstić information content (AvgIpc) is 3.42. The van der Waals surface area contributed by atoms with Crippen LogP contribution in [0.1, 0.15) is 42.3 Å². The SMILES string of the molecule is COc1cccc(C2/C(=C(\O)c3ccc(OC(C)C)c(C)c3)C(=O)C(=O)N2Cc2ccco2)c1. The van der Waals surface area contributed by atoms with Gasteiger partial charge < -0.3 is 23.9 Å². The fraction of sp³-hybridized carbons (Fsp3) is 0.259. The molecule has 7 heteroatoms. The number of carbonyl (C=O) groups excluding carboxylic acids is 2. The van der Waals surface area contributed by atoms with Crippen molar-refractivity contribution in [2.45, 2.75) is 39.5 Å². The van der Waals surface area contributed by atoms with Crippen LogP contribution in [0.15, 0.2) is 70.9 Å². The van der Waals surface area contributed by atoms with Crippen LogP contribution in [0.2, 0.25) is 0 Å². The van der Waals surface area contributed by atoms with Gasteiger partial charge in [-0.05, 0) is 74.4 Å². The maximum Gasteiger partial charge on any atom is 0.296 e. The lowest BCUT2D eigenvalue weighted by atomic mass is 9.94. The summed E-state index contributed by atoms with van der Waals surface area (Å²) in [5.74, 6) is 0.0914. The predicted molar refractivity (Wildman–Crippen MR) is 126 cm³/mol. The Morgan fingerprint density at radius 3 is 2.56 bits per heavy atom. The molecule has 0 spiro atoms. The van der Waals surface area contributed by atoms with Crippen LogP contribution < -0.4 is 9.47 Å². The highest BCUT2D eigenvalue weighted by molar-refractivity contribution is 6.46. The average molecular weight is 462 g/mol. The van der Waals surface area contributed by atoms with Crippen molar-refractivity contribution < 1.29 is 28.6 Å². The van der Waals surface area contributed by atoms with Crippen LogP contribution in [-0.4, -0.2) is 34.9 Å². The molecule has 1 N–H and O–H groups in total. The number of benzene rings is 2. The Morgan fingerprint density at radius 1 is 1.12 bits per heavy atom. The number of methoxy groups -OCH3 is 1. The first kappa shape index (κ1) is 23.2. The van der Waals surface area contributed by atoms with Crippen molar-refractivity contribution in [2.24, 2.45) is 0 Å². The van der Waals surface area contributed by atoms with Crippen molar-refractivity contribution in [3.8, 4) is 11.5 Å². The molecule has 1 aliphatic heterocycles. The number of ether oxygens (including phenoxy) is 2. The standard InChI is InChI=1S/C27H27NO6/c1-16(2)34-22-11-10-19(13-17(22)3)25(29)23-24(18-7-5-8-20(14-18)32-4)28(27(31)26(23)30)15-21-9-6-12-33-21/h5-14,16,24,29H,15H2,1-4H3/b25-23+. The van der Waals surface area contributed by atoms with Gasteiger partial charge in [-0.2, -0.15) is 0 Å². The van der Waals surface area contributed by atoms with E-state index in [1.807, 2.05) is 20.8 Å². The van der Waals surface area contributed by atoms with Gasteiger partial charge in [0.2, 0.25) is 0 Å². The summed E-state index contributed by atoms with van der Waals surface area (Å²) < 4.78 is 16.6. The third kappa shape index (κ3) is 4.41. The van der Waals surface area contributed by atoms with Crippen LogP contribution in [0.3, 0.4) is 0 Å². The third-order valence-corrected chi connectivity index (χ3v) is 5.67. The Morgan fingerprint density at radius 2 is 1.91 bits per heavy atom. The quantitative estimate of drug-likeness (QED) is 0.302. The van der Waals surface area contributed by atoms with Gasteiger partial charge in [0, 0.05) is 5.56 Å². The van der Waals surface area contributed by atoms with Gasteiger partial charge in [0.15, 0.2) is 0 Å². The largest absolute Gasteiger partial charge is 0.507 e. The minimum absolute atomic E-state index is 0.00173. The summed E-state index contributed by atoms with van der Waals surface area (Å²) in [5, 5.41) is 11.3. The summed E-state index contributed by atoms with van der Waals surface area (Å²) in [7, 11) is 1.54. The van der Waals surface area contributed by atoms with Crippen molar-refractivity contribution in [1.29, 1.82) is 0 Å². The zero-order chi connectivity index (χ0) is 24.4. The lowest BCUT2D eigenvalue weighted by molar-refractivity contribution is -0.140. The zero-order valence-electron chi connectivity index (χ0n) is 19.6. The molecule has 0 aliphatic carbocycles. The molecule has 1 fully saturated rings. The van der Waals surface area contributed by atoms with Gasteiger partial charge in [0.05, 0.1) is 37.6 Å². The minimum Gasteiger partial charge on any atom is -0.507 e. The van der Waals surface area contributed by atoms with Gasteiger partial charge >= 0.3 is 0 Å². The van der Waals surface area contributed by atoms with Crippen LogP contribution in [0.25, 0.3) is 5.76 Å². The summed E-state index contributed by atoms with van der Waals surface area (Å²) in [6.45, 7) is 5.81. The second kappa shape index (κ2) is 9.47. The maximum atomic E-state index is 13.2. The van der Waals surface area contributed by atoms with Crippen molar-refractivity contribution in [3.63, 3.8) is 0 Å². The highest BCUT2D eigenvalue weighted by Gasteiger charge is 2.46. The number of hydrogen-bond acceptors (Lipinski definition) is 6. The summed E-state index contributed by atoms with van der Waals surface area (Å²) in [5.41, 5.74) is 1.89. The number of carbonyl (C=O) groups is 2. The predicted octanol–water partition coefficient (Wildman–Crippen LogP) is 5.01. The first-order valence-corrected chi connectivity index (χ1v) is 11.0. The van der Waals surface area contributed by atoms with Crippen LogP contribution in [0, 0.1) is 6.92 Å². The highest BCUT2D eigenvalue weighted by atomic mass is 16.5. The Hall–Kier alpha value is -4.00. The van der Waals surface area contributed by atoms with E-state index < -0.39 is 17.7 Å². The van der Waals surface area contributed by atoms with Crippen LogP contribution in [-0.2, 0) is 16.1 Å². The van der Waals surface area contributed by atoms with Gasteiger partial charge in [0.25, 0.3) is 11.7 Å². The Labute approximate surface area is 198 Å². The lowest BCUT2D eigenvalue weighted by Crippen LogP contribution is -2.29. The molecule has 34 heavy (non-hydrogen) atoms. The lowest BCUT2D eigenvalue weighted by Gasteiger charge is -2.25. The Kier molecular flexibility index (Phi) is 6.45. The van der Waals surface area contributed by atoms with Gasteiger partial charge in [-0.25, -0.2) is 0 Å². The number of furan rings is 1. The summed E-state index contributed by atoms with van der Waals surface area (Å²) >= 11 is 0. The first-order valence-electron chi connectivity index (χ1n) is 11.0. The zero-order valence-corrected chi connectivity index (χ0v) is 19.6. The van der Waals surface area contributed by atoms with Gasteiger partial charge in [0.1, 0.15) is 23.0 Å². The number of likely N-dealkylation sites (tertiary alicyclic amines) is 1. The number of nitrogens with zero attached hydrogens (tertiary/aromatic N) is 1. The number of aliphatic hydroxyl groups excluding tert-OH is 1. The van der Waals surface area contributed by atoms with Gasteiger partial charge in [-0.15, -0.1) is 0 Å². The molecule has 1 amide bonds. The molecule has 0 bridgehead atoms. The number of ketones is 1. The van der Waals surface area contributed by atoms with E-state index in [0.717, 1.165) is 5.56 Å². The van der Waals surface area contributed by atoms with E-state index in [-0.39, 0.29) is 24.0 Å². The molecule has 1 saturated heterocycles. The summed E-state index contributed by atoms with van der Waals surface area (Å²) in [4.78, 5) is 27.7. The topological polar surface area (TPSA) is 89.2 Å². The van der Waals surface area contributed by atoms with Crippen molar-refractivity contribution in [1.82, 2.24) is 4.90 Å². The van der Waals surface area contributed by atoms with E-state index in [1.165, 1.54) is 11.2 Å². The van der Waals surface area contributed by atoms with Crippen LogP contribution >= 0.6 is 0 Å². The summed E-state index contributed by atoms with van der Waals surface area (Å²) in [6.07, 6.45) is 1.51. The highest BCUT2D eigenvalue weighted by Crippen LogP contribution is 2.41. The molecule has 2 aromatic carbocycles. The number of aliphatic hydroxyl groups is 1. The van der Waals surface area contributed by atoms with Crippen LogP contribution in [0.4, 0.5) is 0 Å². The van der Waals surface area contributed by atoms with Crippen molar-refractivity contribution in [3.05, 3.63) is 88.9 Å². The van der Waals surface area contributed by atoms with E-state index in [4.69, 9.17) is 13.9 Å². The molecular weight excluding hydrogens is 434 g/mol. The van der Waals surface area contributed by atoms with Gasteiger partial charge in [-0.1, -0.05) is 12.1 Å². The molecule has 2 heterocycles.